The topological polar surface area (TPSA) is 46.0 Å². The highest BCUT2D eigenvalue weighted by Crippen LogP contribution is 2.30. The van der Waals surface area contributed by atoms with Crippen molar-refractivity contribution in [3.8, 4) is 10.7 Å². The maximum absolute atomic E-state index is 13.3. The van der Waals surface area contributed by atoms with Gasteiger partial charge >= 0.3 is 0 Å². The minimum absolute atomic E-state index is 0.305. The van der Waals surface area contributed by atoms with Crippen molar-refractivity contribution in [3.05, 3.63) is 41.5 Å². The molecule has 0 aromatic carbocycles. The van der Waals surface area contributed by atoms with Crippen LogP contribution in [0, 0.1) is 0 Å². The smallest absolute Gasteiger partial charge is 0.169 e. The average molecular weight is 236 g/mol. The number of halogens is 1. The van der Waals surface area contributed by atoms with Crippen LogP contribution in [-0.2, 0) is 0 Å². The van der Waals surface area contributed by atoms with Crippen LogP contribution in [0.15, 0.2) is 36.7 Å². The molecule has 0 aliphatic heterocycles. The Morgan fingerprint density at radius 1 is 1.38 bits per heavy atom. The lowest BCUT2D eigenvalue weighted by Gasteiger charge is -1.93. The zero-order chi connectivity index (χ0) is 11.4. The SMILES string of the molecule is OC/C=C(\F)c1ccc(-c2ncccn2)s1. The Labute approximate surface area is 95.9 Å². The fourth-order valence-electron chi connectivity index (χ4n) is 1.19. The van der Waals surface area contributed by atoms with E-state index in [9.17, 15) is 4.39 Å². The molecule has 0 fully saturated rings. The molecule has 2 aromatic rings. The Morgan fingerprint density at radius 3 is 2.81 bits per heavy atom. The number of aromatic nitrogens is 2. The summed E-state index contributed by atoms with van der Waals surface area (Å²) in [6, 6.07) is 5.14. The molecule has 1 N–H and O–H groups in total. The number of hydrogen-bond donors (Lipinski definition) is 1. The van der Waals surface area contributed by atoms with Crippen molar-refractivity contribution < 1.29 is 9.50 Å². The predicted octanol–water partition coefficient (Wildman–Crippen LogP) is 2.51. The molecule has 82 valence electrons. The van der Waals surface area contributed by atoms with E-state index < -0.39 is 5.83 Å². The van der Waals surface area contributed by atoms with Crippen molar-refractivity contribution in [2.24, 2.45) is 0 Å². The number of hydrogen-bond acceptors (Lipinski definition) is 4. The Kier molecular flexibility index (Phi) is 3.38. The number of thiophene rings is 1. The van der Waals surface area contributed by atoms with Gasteiger partial charge in [0, 0.05) is 12.4 Å². The minimum Gasteiger partial charge on any atom is -0.392 e. The molecule has 0 radical (unpaired) electrons. The molecule has 5 heteroatoms. The summed E-state index contributed by atoms with van der Waals surface area (Å²) >= 11 is 1.25. The standard InChI is InChI=1S/C11H9FN2OS/c12-8(4-7-15)9-2-3-10(16-9)11-13-5-1-6-14-11/h1-6,15H,7H2/b8-4-. The second kappa shape index (κ2) is 4.96. The van der Waals surface area contributed by atoms with Crippen molar-refractivity contribution in [1.82, 2.24) is 9.97 Å². The molecule has 0 bridgehead atoms. The first-order valence-corrected chi connectivity index (χ1v) is 5.47. The van der Waals surface area contributed by atoms with Gasteiger partial charge in [-0.1, -0.05) is 0 Å². The van der Waals surface area contributed by atoms with Gasteiger partial charge in [-0.2, -0.15) is 0 Å². The highest BCUT2D eigenvalue weighted by Gasteiger charge is 2.07. The van der Waals surface area contributed by atoms with Crippen LogP contribution < -0.4 is 0 Å². The van der Waals surface area contributed by atoms with Gasteiger partial charge < -0.3 is 5.11 Å². The van der Waals surface area contributed by atoms with E-state index >= 15 is 0 Å². The van der Waals surface area contributed by atoms with Gasteiger partial charge in [-0.3, -0.25) is 0 Å². The van der Waals surface area contributed by atoms with E-state index in [1.807, 2.05) is 0 Å². The van der Waals surface area contributed by atoms with E-state index in [-0.39, 0.29) is 6.61 Å². The van der Waals surface area contributed by atoms with Gasteiger partial charge in [0.25, 0.3) is 0 Å². The van der Waals surface area contributed by atoms with Crippen LogP contribution in [0.1, 0.15) is 4.88 Å². The lowest BCUT2D eigenvalue weighted by Crippen LogP contribution is -1.82. The molecule has 16 heavy (non-hydrogen) atoms. The molecule has 0 aliphatic carbocycles. The first kappa shape index (κ1) is 10.9. The Balaban J connectivity index is 2.30. The molecule has 2 rings (SSSR count). The molecule has 3 nitrogen and oxygen atoms in total. The van der Waals surface area contributed by atoms with Crippen LogP contribution in [-0.4, -0.2) is 21.7 Å². The van der Waals surface area contributed by atoms with Crippen molar-refractivity contribution in [2.45, 2.75) is 0 Å². The van der Waals surface area contributed by atoms with E-state index in [2.05, 4.69) is 9.97 Å². The summed E-state index contributed by atoms with van der Waals surface area (Å²) in [7, 11) is 0. The van der Waals surface area contributed by atoms with Crippen molar-refractivity contribution in [2.75, 3.05) is 6.61 Å². The van der Waals surface area contributed by atoms with Crippen LogP contribution in [0.5, 0.6) is 0 Å². The molecule has 2 heterocycles. The monoisotopic (exact) mass is 236 g/mol. The first-order valence-electron chi connectivity index (χ1n) is 4.65. The van der Waals surface area contributed by atoms with Gasteiger partial charge in [0.05, 0.1) is 16.4 Å². The summed E-state index contributed by atoms with van der Waals surface area (Å²) in [6.45, 7) is -0.305. The fourth-order valence-corrected chi connectivity index (χ4v) is 2.08. The van der Waals surface area contributed by atoms with Crippen LogP contribution in [0.25, 0.3) is 16.5 Å². The van der Waals surface area contributed by atoms with E-state index in [0.717, 1.165) is 11.0 Å². The summed E-state index contributed by atoms with van der Waals surface area (Å²) in [4.78, 5) is 9.42. The molecule has 0 saturated heterocycles. The van der Waals surface area contributed by atoms with Crippen molar-refractivity contribution in [3.63, 3.8) is 0 Å². The highest BCUT2D eigenvalue weighted by molar-refractivity contribution is 7.16. The Morgan fingerprint density at radius 2 is 2.12 bits per heavy atom. The second-order valence-corrected chi connectivity index (χ2v) is 4.05. The quantitative estimate of drug-likeness (QED) is 0.890. The predicted molar refractivity (Wildman–Crippen MR) is 61.5 cm³/mol. The van der Waals surface area contributed by atoms with Gasteiger partial charge in [-0.05, 0) is 24.3 Å². The van der Waals surface area contributed by atoms with E-state index in [0.29, 0.717) is 10.7 Å². The molecular weight excluding hydrogens is 227 g/mol. The van der Waals surface area contributed by atoms with Crippen LogP contribution >= 0.6 is 11.3 Å². The minimum atomic E-state index is -0.422. The maximum Gasteiger partial charge on any atom is 0.169 e. The molecule has 0 aliphatic rings. The Hall–Kier alpha value is -1.59. The molecule has 0 saturated carbocycles. The van der Waals surface area contributed by atoms with Gasteiger partial charge in [0.15, 0.2) is 5.82 Å². The third-order valence-electron chi connectivity index (χ3n) is 1.90. The van der Waals surface area contributed by atoms with Gasteiger partial charge in [0.2, 0.25) is 0 Å². The lowest BCUT2D eigenvalue weighted by atomic mass is 10.3. The van der Waals surface area contributed by atoms with Crippen molar-refractivity contribution in [1.29, 1.82) is 0 Å². The molecular formula is C11H9FN2OS. The number of aliphatic hydroxyl groups excluding tert-OH is 1. The molecule has 0 spiro atoms. The van der Waals surface area contributed by atoms with Crippen molar-refractivity contribution >= 4 is 17.2 Å². The molecule has 2 aromatic heterocycles. The van der Waals surface area contributed by atoms with E-state index in [1.54, 1.807) is 30.6 Å². The Bertz CT molecular complexity index is 496. The normalized spacial score (nSPS) is 11.8. The number of rotatable bonds is 3. The zero-order valence-electron chi connectivity index (χ0n) is 8.30. The third kappa shape index (κ3) is 2.32. The van der Waals surface area contributed by atoms with Gasteiger partial charge in [-0.25, -0.2) is 14.4 Å². The third-order valence-corrected chi connectivity index (χ3v) is 2.99. The molecule has 0 atom stereocenters. The lowest BCUT2D eigenvalue weighted by molar-refractivity contribution is 0.342. The summed E-state index contributed by atoms with van der Waals surface area (Å²) < 4.78 is 13.3. The van der Waals surface area contributed by atoms with E-state index in [4.69, 9.17) is 5.11 Å². The molecule has 0 unspecified atom stereocenters. The fraction of sp³-hybridized carbons (Fsp3) is 0.0909. The number of nitrogens with zero attached hydrogens (tertiary/aromatic N) is 2. The maximum atomic E-state index is 13.3. The largest absolute Gasteiger partial charge is 0.392 e. The average Bonchev–Trinajstić information content (AvgIpc) is 2.80. The van der Waals surface area contributed by atoms with Gasteiger partial charge in [-0.15, -0.1) is 11.3 Å². The number of aliphatic hydroxyl groups is 1. The summed E-state index contributed by atoms with van der Waals surface area (Å²) in [5.74, 6) is 0.158. The molecule has 0 amide bonds. The zero-order valence-corrected chi connectivity index (χ0v) is 9.12. The van der Waals surface area contributed by atoms with Crippen LogP contribution in [0.2, 0.25) is 0 Å². The van der Waals surface area contributed by atoms with Crippen LogP contribution in [0.4, 0.5) is 4.39 Å². The highest BCUT2D eigenvalue weighted by atomic mass is 32.1. The van der Waals surface area contributed by atoms with E-state index in [1.165, 1.54) is 11.3 Å². The first-order chi connectivity index (χ1) is 7.81. The summed E-state index contributed by atoms with van der Waals surface area (Å²) in [5.41, 5.74) is 0. The second-order valence-electron chi connectivity index (χ2n) is 2.97. The summed E-state index contributed by atoms with van der Waals surface area (Å²) in [6.07, 6.45) is 4.41. The van der Waals surface area contributed by atoms with Crippen LogP contribution in [0.3, 0.4) is 0 Å². The summed E-state index contributed by atoms with van der Waals surface area (Å²) in [5, 5.41) is 8.59. The van der Waals surface area contributed by atoms with Gasteiger partial charge in [0.1, 0.15) is 5.83 Å².